The number of carbonyl (C=O) groups excluding carboxylic acids is 1. The van der Waals surface area contributed by atoms with Gasteiger partial charge >= 0.3 is 0 Å². The maximum atomic E-state index is 13.4. The highest BCUT2D eigenvalue weighted by Gasteiger charge is 2.27. The number of hydrazone groups is 1. The lowest BCUT2D eigenvalue weighted by Crippen LogP contribution is -2.39. The van der Waals surface area contributed by atoms with Gasteiger partial charge in [0.15, 0.2) is 0 Å². The molecule has 4 aromatic rings. The van der Waals surface area contributed by atoms with E-state index in [2.05, 4.69) is 15.5 Å². The van der Waals surface area contributed by atoms with Gasteiger partial charge in [-0.15, -0.1) is 0 Å². The Balaban J connectivity index is 1.55. The van der Waals surface area contributed by atoms with Gasteiger partial charge in [-0.2, -0.15) is 5.10 Å². The largest absolute Gasteiger partial charge is 0.497 e. The third-order valence-electron chi connectivity index (χ3n) is 5.45. The molecule has 1 aromatic heterocycles. The van der Waals surface area contributed by atoms with Gasteiger partial charge in [-0.25, -0.2) is 18.8 Å². The first-order valence-corrected chi connectivity index (χ1v) is 13.4. The summed E-state index contributed by atoms with van der Waals surface area (Å²) in [6.07, 6.45) is 1.35. The molecule has 0 fully saturated rings. The number of halogens is 1. The molecule has 1 amide bonds. The number of carbonyl (C=O) groups is 1. The summed E-state index contributed by atoms with van der Waals surface area (Å²) in [5.41, 5.74) is 3.80. The van der Waals surface area contributed by atoms with Gasteiger partial charge in [0.2, 0.25) is 0 Å². The number of aromatic nitrogens is 1. The second-order valence-corrected chi connectivity index (χ2v) is 10.2. The van der Waals surface area contributed by atoms with Crippen molar-refractivity contribution in [1.29, 1.82) is 0 Å². The molecule has 0 saturated heterocycles. The fourth-order valence-electron chi connectivity index (χ4n) is 3.61. The summed E-state index contributed by atoms with van der Waals surface area (Å²) in [6.45, 7) is 1.81. The predicted molar refractivity (Wildman–Crippen MR) is 148 cm³/mol. The second kappa shape index (κ2) is 11.9. The quantitative estimate of drug-likeness (QED) is 0.174. The standard InChI is InChI=1S/C27H25ClN4O5S/c1-3-37-22-13-10-21(11-14-22)32(38(34,35)24-7-5-4-6-8-24)18-26(33)31-29-17-20-15-19-9-12-23(36-2)16-25(19)30-27(20)28/h4-17H,3,18H2,1-2H3,(H,31,33)/b29-17-. The first-order chi connectivity index (χ1) is 18.3. The molecule has 0 atom stereocenters. The summed E-state index contributed by atoms with van der Waals surface area (Å²) in [5.74, 6) is 0.586. The molecule has 0 bridgehead atoms. The highest BCUT2D eigenvalue weighted by Crippen LogP contribution is 2.26. The van der Waals surface area contributed by atoms with Crippen molar-refractivity contribution in [2.45, 2.75) is 11.8 Å². The topological polar surface area (TPSA) is 110 Å². The number of nitrogens with one attached hydrogen (secondary N) is 1. The Kier molecular flexibility index (Phi) is 8.45. The molecule has 0 radical (unpaired) electrons. The Bertz CT molecular complexity index is 1560. The first kappa shape index (κ1) is 26.9. The molecule has 1 heterocycles. The summed E-state index contributed by atoms with van der Waals surface area (Å²) in [5, 5.41) is 4.96. The smallest absolute Gasteiger partial charge is 0.264 e. The number of amides is 1. The van der Waals surface area contributed by atoms with Crippen molar-refractivity contribution in [2.75, 3.05) is 24.6 Å². The number of benzene rings is 3. The van der Waals surface area contributed by atoms with Crippen LogP contribution < -0.4 is 19.2 Å². The van der Waals surface area contributed by atoms with Crippen molar-refractivity contribution in [3.63, 3.8) is 0 Å². The number of methoxy groups -OCH3 is 1. The predicted octanol–water partition coefficient (Wildman–Crippen LogP) is 4.64. The number of hydrogen-bond donors (Lipinski definition) is 1. The molecule has 4 rings (SSSR count). The monoisotopic (exact) mass is 552 g/mol. The van der Waals surface area contributed by atoms with Crippen molar-refractivity contribution in [3.05, 3.63) is 89.6 Å². The number of nitrogens with zero attached hydrogens (tertiary/aromatic N) is 3. The van der Waals surface area contributed by atoms with Gasteiger partial charge < -0.3 is 9.47 Å². The number of anilines is 1. The number of sulfonamides is 1. The lowest BCUT2D eigenvalue weighted by molar-refractivity contribution is -0.119. The van der Waals surface area contributed by atoms with Crippen LogP contribution in [-0.4, -0.2) is 45.8 Å². The molecule has 0 aliphatic heterocycles. The number of pyridine rings is 1. The van der Waals surface area contributed by atoms with E-state index in [0.29, 0.717) is 34.9 Å². The van der Waals surface area contributed by atoms with E-state index in [0.717, 1.165) is 9.69 Å². The zero-order valence-electron chi connectivity index (χ0n) is 20.7. The van der Waals surface area contributed by atoms with Crippen LogP contribution in [0.3, 0.4) is 0 Å². The maximum Gasteiger partial charge on any atom is 0.264 e. The van der Waals surface area contributed by atoms with Gasteiger partial charge in [-0.1, -0.05) is 29.8 Å². The fourth-order valence-corrected chi connectivity index (χ4v) is 5.24. The van der Waals surface area contributed by atoms with Crippen molar-refractivity contribution >= 4 is 50.3 Å². The lowest BCUT2D eigenvalue weighted by Gasteiger charge is -2.24. The van der Waals surface area contributed by atoms with E-state index in [1.807, 2.05) is 13.0 Å². The molecule has 0 aliphatic carbocycles. The van der Waals surface area contributed by atoms with Crippen LogP contribution in [0.15, 0.2) is 88.9 Å². The second-order valence-electron chi connectivity index (χ2n) is 7.97. The molecule has 3 aromatic carbocycles. The molecule has 0 aliphatic rings. The zero-order chi connectivity index (χ0) is 27.1. The normalized spacial score (nSPS) is 11.4. The highest BCUT2D eigenvalue weighted by molar-refractivity contribution is 7.92. The summed E-state index contributed by atoms with van der Waals surface area (Å²) in [7, 11) is -2.49. The van der Waals surface area contributed by atoms with Crippen LogP contribution in [0.5, 0.6) is 11.5 Å². The summed E-state index contributed by atoms with van der Waals surface area (Å²) >= 11 is 6.29. The minimum absolute atomic E-state index is 0.0517. The third kappa shape index (κ3) is 6.21. The Labute approximate surface area is 225 Å². The number of hydrogen-bond acceptors (Lipinski definition) is 7. The molecule has 196 valence electrons. The van der Waals surface area contributed by atoms with Crippen LogP contribution in [-0.2, 0) is 14.8 Å². The van der Waals surface area contributed by atoms with Crippen LogP contribution in [0, 0.1) is 0 Å². The molecule has 0 spiro atoms. The fraction of sp³-hybridized carbons (Fsp3) is 0.148. The lowest BCUT2D eigenvalue weighted by atomic mass is 10.1. The van der Waals surface area contributed by atoms with Gasteiger partial charge in [0.1, 0.15) is 23.2 Å². The molecule has 0 unspecified atom stereocenters. The van der Waals surface area contributed by atoms with Crippen LogP contribution >= 0.6 is 11.6 Å². The Morgan fingerprint density at radius 3 is 2.45 bits per heavy atom. The first-order valence-electron chi connectivity index (χ1n) is 11.6. The van der Waals surface area contributed by atoms with Crippen LogP contribution in [0.1, 0.15) is 12.5 Å². The van der Waals surface area contributed by atoms with Gasteiger partial charge in [0.05, 0.1) is 36.0 Å². The molecule has 38 heavy (non-hydrogen) atoms. The van der Waals surface area contributed by atoms with E-state index in [-0.39, 0.29) is 10.0 Å². The molecule has 0 saturated carbocycles. The summed E-state index contributed by atoms with van der Waals surface area (Å²) in [4.78, 5) is 17.2. The molecule has 1 N–H and O–H groups in total. The van der Waals surface area contributed by atoms with E-state index in [4.69, 9.17) is 21.1 Å². The molecule has 11 heteroatoms. The Hall–Kier alpha value is -4.15. The SMILES string of the molecule is CCOc1ccc(N(CC(=O)N/N=C\c2cc3ccc(OC)cc3nc2Cl)S(=O)(=O)c2ccccc2)cc1. The van der Waals surface area contributed by atoms with E-state index in [9.17, 15) is 13.2 Å². The van der Waals surface area contributed by atoms with E-state index >= 15 is 0 Å². The average Bonchev–Trinajstić information content (AvgIpc) is 2.93. The molecule has 9 nitrogen and oxygen atoms in total. The van der Waals surface area contributed by atoms with Crippen molar-refractivity contribution in [2.24, 2.45) is 5.10 Å². The van der Waals surface area contributed by atoms with Gasteiger partial charge in [-0.05, 0) is 61.5 Å². The Morgan fingerprint density at radius 2 is 1.76 bits per heavy atom. The van der Waals surface area contributed by atoms with Crippen LogP contribution in [0.4, 0.5) is 5.69 Å². The third-order valence-corrected chi connectivity index (χ3v) is 7.54. The van der Waals surface area contributed by atoms with Crippen molar-refractivity contribution in [1.82, 2.24) is 10.4 Å². The van der Waals surface area contributed by atoms with Gasteiger partial charge in [0.25, 0.3) is 15.9 Å². The van der Waals surface area contributed by atoms with Crippen molar-refractivity contribution < 1.29 is 22.7 Å². The molecular formula is C27H25ClN4O5S. The number of fused-ring (bicyclic) bond motifs is 1. The van der Waals surface area contributed by atoms with Crippen LogP contribution in [0.2, 0.25) is 5.15 Å². The van der Waals surface area contributed by atoms with Gasteiger partial charge in [0, 0.05) is 17.0 Å². The Morgan fingerprint density at radius 1 is 1.05 bits per heavy atom. The summed E-state index contributed by atoms with van der Waals surface area (Å²) < 4.78 is 38.5. The summed E-state index contributed by atoms with van der Waals surface area (Å²) in [6, 6.07) is 21.5. The highest BCUT2D eigenvalue weighted by atomic mass is 35.5. The van der Waals surface area contributed by atoms with E-state index in [1.54, 1.807) is 67.8 Å². The van der Waals surface area contributed by atoms with Crippen molar-refractivity contribution in [3.8, 4) is 11.5 Å². The van der Waals surface area contributed by atoms with E-state index in [1.165, 1.54) is 18.3 Å². The minimum atomic E-state index is -4.05. The maximum absolute atomic E-state index is 13.4. The number of ether oxygens (including phenoxy) is 2. The average molecular weight is 553 g/mol. The minimum Gasteiger partial charge on any atom is -0.497 e. The number of rotatable bonds is 10. The van der Waals surface area contributed by atoms with E-state index < -0.39 is 22.5 Å². The zero-order valence-corrected chi connectivity index (χ0v) is 22.2. The van der Waals surface area contributed by atoms with Gasteiger partial charge in [-0.3, -0.25) is 9.10 Å². The van der Waals surface area contributed by atoms with Crippen LogP contribution in [0.25, 0.3) is 10.9 Å². The molecular weight excluding hydrogens is 528 g/mol.